The molecule has 0 amide bonds. The Morgan fingerprint density at radius 2 is 1.76 bits per heavy atom. The van der Waals surface area contributed by atoms with Gasteiger partial charge in [-0.15, -0.1) is 0 Å². The van der Waals surface area contributed by atoms with Crippen LogP contribution >= 0.6 is 0 Å². The van der Waals surface area contributed by atoms with Crippen LogP contribution in [0.4, 0.5) is 5.69 Å². The van der Waals surface area contributed by atoms with E-state index in [1.54, 1.807) is 0 Å². The molecule has 0 unspecified atom stereocenters. The zero-order valence-corrected chi connectivity index (χ0v) is 12.6. The molecule has 4 nitrogen and oxygen atoms in total. The van der Waals surface area contributed by atoms with Gasteiger partial charge in [0.1, 0.15) is 11.4 Å². The fourth-order valence-corrected chi connectivity index (χ4v) is 2.62. The highest BCUT2D eigenvalue weighted by Crippen LogP contribution is 2.27. The summed E-state index contributed by atoms with van der Waals surface area (Å²) in [7, 11) is 0. The van der Waals surface area contributed by atoms with Crippen LogP contribution < -0.4 is 10.5 Å². The van der Waals surface area contributed by atoms with Crippen molar-refractivity contribution in [1.82, 2.24) is 9.38 Å². The lowest BCUT2D eigenvalue weighted by molar-refractivity contribution is 0.340. The van der Waals surface area contributed by atoms with Crippen LogP contribution in [0.3, 0.4) is 0 Å². The molecule has 2 N–H and O–H groups in total. The monoisotopic (exact) mass is 281 g/mol. The van der Waals surface area contributed by atoms with Crippen molar-refractivity contribution in [3.05, 3.63) is 47.8 Å². The van der Waals surface area contributed by atoms with Crippen molar-refractivity contribution in [2.45, 2.75) is 20.8 Å². The van der Waals surface area contributed by atoms with Gasteiger partial charge in [-0.2, -0.15) is 0 Å². The number of hydrogen-bond acceptors (Lipinski definition) is 3. The number of aromatic nitrogens is 2. The van der Waals surface area contributed by atoms with Crippen LogP contribution in [0.25, 0.3) is 16.9 Å². The van der Waals surface area contributed by atoms with Gasteiger partial charge in [-0.05, 0) is 57.2 Å². The normalized spacial score (nSPS) is 11.0. The molecule has 0 radical (unpaired) electrons. The second-order valence-corrected chi connectivity index (χ2v) is 5.07. The van der Waals surface area contributed by atoms with Crippen LogP contribution in [0.5, 0.6) is 5.75 Å². The average Bonchev–Trinajstić information content (AvgIpc) is 2.82. The number of benzene rings is 1. The summed E-state index contributed by atoms with van der Waals surface area (Å²) in [6.45, 7) is 6.73. The molecule has 0 aliphatic rings. The molecule has 21 heavy (non-hydrogen) atoms. The summed E-state index contributed by atoms with van der Waals surface area (Å²) in [5.41, 5.74) is 11.9. The van der Waals surface area contributed by atoms with Gasteiger partial charge in [0.15, 0.2) is 0 Å². The topological polar surface area (TPSA) is 52.5 Å². The molecule has 1 aromatic carbocycles. The highest BCUT2D eigenvalue weighted by Gasteiger charge is 2.12. The first-order valence-electron chi connectivity index (χ1n) is 7.09. The van der Waals surface area contributed by atoms with Gasteiger partial charge in [-0.1, -0.05) is 0 Å². The van der Waals surface area contributed by atoms with Gasteiger partial charge >= 0.3 is 0 Å². The molecule has 0 bridgehead atoms. The summed E-state index contributed by atoms with van der Waals surface area (Å²) >= 11 is 0. The first kappa shape index (κ1) is 13.5. The minimum absolute atomic E-state index is 0.672. The standard InChI is InChI=1S/C17H19N3O/c1-4-21-14-7-5-13(6-8-14)17-12(3)20-11(2)15(18)9-10-16(20)19-17/h5-10H,4,18H2,1-3H3. The summed E-state index contributed by atoms with van der Waals surface area (Å²) in [5.74, 6) is 0.878. The number of pyridine rings is 1. The quantitative estimate of drug-likeness (QED) is 0.798. The van der Waals surface area contributed by atoms with Gasteiger partial charge < -0.3 is 10.5 Å². The first-order valence-corrected chi connectivity index (χ1v) is 7.09. The Bertz CT molecular complexity index is 788. The Morgan fingerprint density at radius 3 is 2.43 bits per heavy atom. The van der Waals surface area contributed by atoms with Crippen molar-refractivity contribution in [1.29, 1.82) is 0 Å². The lowest BCUT2D eigenvalue weighted by Crippen LogP contribution is -1.99. The van der Waals surface area contributed by atoms with Crippen LogP contribution in [-0.4, -0.2) is 16.0 Å². The van der Waals surface area contributed by atoms with E-state index in [2.05, 4.69) is 11.3 Å². The first-order chi connectivity index (χ1) is 10.1. The third-order valence-corrected chi connectivity index (χ3v) is 3.74. The minimum atomic E-state index is 0.672. The molecule has 0 atom stereocenters. The fourth-order valence-electron chi connectivity index (χ4n) is 2.62. The Kier molecular flexibility index (Phi) is 3.29. The molecule has 3 aromatic rings. The van der Waals surface area contributed by atoms with Crippen molar-refractivity contribution >= 4 is 11.3 Å². The third-order valence-electron chi connectivity index (χ3n) is 3.74. The van der Waals surface area contributed by atoms with E-state index in [-0.39, 0.29) is 0 Å². The highest BCUT2D eigenvalue weighted by atomic mass is 16.5. The number of nitrogens with two attached hydrogens (primary N) is 1. The lowest BCUT2D eigenvalue weighted by Gasteiger charge is -2.06. The van der Waals surface area contributed by atoms with Crippen LogP contribution in [0.15, 0.2) is 36.4 Å². The highest BCUT2D eigenvalue weighted by molar-refractivity contribution is 5.68. The maximum Gasteiger partial charge on any atom is 0.138 e. The summed E-state index contributed by atoms with van der Waals surface area (Å²) < 4.78 is 7.58. The van der Waals surface area contributed by atoms with Crippen molar-refractivity contribution in [3.8, 4) is 17.0 Å². The number of nitrogen functional groups attached to an aromatic ring is 1. The molecule has 2 aromatic heterocycles. The van der Waals surface area contributed by atoms with Gasteiger partial charge in [0.05, 0.1) is 18.0 Å². The number of ether oxygens (including phenoxy) is 1. The molecule has 0 saturated carbocycles. The molecule has 4 heteroatoms. The molecule has 0 fully saturated rings. The molecule has 0 saturated heterocycles. The summed E-state index contributed by atoms with van der Waals surface area (Å²) in [6, 6.07) is 11.9. The van der Waals surface area contributed by atoms with Gasteiger partial charge in [0, 0.05) is 17.0 Å². The van der Waals surface area contributed by atoms with Gasteiger partial charge in [0.2, 0.25) is 0 Å². The SMILES string of the molecule is CCOc1ccc(-c2nc3ccc(N)c(C)n3c2C)cc1. The largest absolute Gasteiger partial charge is 0.494 e. The van der Waals surface area contributed by atoms with Crippen molar-refractivity contribution < 1.29 is 4.74 Å². The van der Waals surface area contributed by atoms with Gasteiger partial charge in [-0.25, -0.2) is 4.98 Å². The second-order valence-electron chi connectivity index (χ2n) is 5.07. The van der Waals surface area contributed by atoms with Crippen LogP contribution in [0.1, 0.15) is 18.3 Å². The molecular weight excluding hydrogens is 262 g/mol. The van der Waals surface area contributed by atoms with Crippen molar-refractivity contribution in [2.75, 3.05) is 12.3 Å². The molecule has 0 spiro atoms. The van der Waals surface area contributed by atoms with E-state index in [9.17, 15) is 0 Å². The van der Waals surface area contributed by atoms with E-state index < -0.39 is 0 Å². The predicted octanol–water partition coefficient (Wildman–Crippen LogP) is 3.60. The number of fused-ring (bicyclic) bond motifs is 1. The van der Waals surface area contributed by atoms with Crippen molar-refractivity contribution in [3.63, 3.8) is 0 Å². The summed E-state index contributed by atoms with van der Waals surface area (Å²) in [5, 5.41) is 0. The number of rotatable bonds is 3. The average molecular weight is 281 g/mol. The molecule has 0 aliphatic carbocycles. The van der Waals surface area contributed by atoms with Crippen molar-refractivity contribution in [2.24, 2.45) is 0 Å². The van der Waals surface area contributed by atoms with Gasteiger partial charge in [-0.3, -0.25) is 4.40 Å². The number of imidazole rings is 1. The number of hydrogen-bond donors (Lipinski definition) is 1. The molecule has 108 valence electrons. The predicted molar refractivity (Wildman–Crippen MR) is 85.7 cm³/mol. The summed E-state index contributed by atoms with van der Waals surface area (Å²) in [6.07, 6.45) is 0. The fraction of sp³-hybridized carbons (Fsp3) is 0.235. The zero-order chi connectivity index (χ0) is 15.0. The van der Waals surface area contributed by atoms with E-state index >= 15 is 0 Å². The smallest absolute Gasteiger partial charge is 0.138 e. The molecule has 0 aliphatic heterocycles. The Labute approximate surface area is 124 Å². The van der Waals surface area contributed by atoms with E-state index in [0.717, 1.165) is 39.7 Å². The van der Waals surface area contributed by atoms with Gasteiger partial charge in [0.25, 0.3) is 0 Å². The second kappa shape index (κ2) is 5.13. The maximum atomic E-state index is 5.99. The molecule has 3 rings (SSSR count). The number of anilines is 1. The Morgan fingerprint density at radius 1 is 1.05 bits per heavy atom. The maximum absolute atomic E-state index is 5.99. The lowest BCUT2D eigenvalue weighted by atomic mass is 10.1. The van der Waals surface area contributed by atoms with E-state index in [1.165, 1.54) is 0 Å². The van der Waals surface area contributed by atoms with Crippen LogP contribution in [0.2, 0.25) is 0 Å². The van der Waals surface area contributed by atoms with Crippen LogP contribution in [0, 0.1) is 13.8 Å². The summed E-state index contributed by atoms with van der Waals surface area (Å²) in [4.78, 5) is 4.73. The number of aryl methyl sites for hydroxylation is 2. The van der Waals surface area contributed by atoms with E-state index in [4.69, 9.17) is 15.5 Å². The van der Waals surface area contributed by atoms with E-state index in [0.29, 0.717) is 6.61 Å². The Balaban J connectivity index is 2.12. The van der Waals surface area contributed by atoms with E-state index in [1.807, 2.05) is 50.2 Å². The zero-order valence-electron chi connectivity index (χ0n) is 12.6. The number of nitrogens with zero attached hydrogens (tertiary/aromatic N) is 2. The third kappa shape index (κ3) is 2.23. The Hall–Kier alpha value is -2.49. The molecular formula is C17H19N3O. The minimum Gasteiger partial charge on any atom is -0.494 e. The van der Waals surface area contributed by atoms with Crippen LogP contribution in [-0.2, 0) is 0 Å². The molecule has 2 heterocycles.